The van der Waals surface area contributed by atoms with Crippen LogP contribution in [-0.2, 0) is 19.1 Å². The van der Waals surface area contributed by atoms with E-state index in [-0.39, 0.29) is 41.9 Å². The molecule has 4 rings (SSSR count). The van der Waals surface area contributed by atoms with Crippen LogP contribution in [-0.4, -0.2) is 51.9 Å². The second kappa shape index (κ2) is 5.24. The molecular formula is C17H22N2O4. The molecule has 0 aromatic carbocycles. The highest BCUT2D eigenvalue weighted by Gasteiger charge is 2.67. The van der Waals surface area contributed by atoms with Gasteiger partial charge in [-0.1, -0.05) is 38.3 Å². The zero-order chi connectivity index (χ0) is 16.3. The number of Topliss-reactive ketones (excluding diaryl/α,β-unsaturated/α-hetero) is 1. The minimum Gasteiger partial charge on any atom is -0.365 e. The molecule has 124 valence electrons. The summed E-state index contributed by atoms with van der Waals surface area (Å²) in [5, 5.41) is 2.99. The minimum atomic E-state index is -0.401. The number of carbonyl (C=O) groups excluding carboxylic acids is 3. The van der Waals surface area contributed by atoms with Crippen molar-refractivity contribution in [3.05, 3.63) is 12.2 Å². The molecule has 3 saturated heterocycles. The molecule has 1 unspecified atom stereocenters. The Kier molecular flexibility index (Phi) is 3.43. The van der Waals surface area contributed by atoms with E-state index in [1.165, 1.54) is 11.9 Å². The number of unbranched alkanes of at least 4 members (excludes halogenated alkanes) is 2. The van der Waals surface area contributed by atoms with E-state index in [1.807, 2.05) is 12.2 Å². The van der Waals surface area contributed by atoms with Crippen LogP contribution in [0.4, 0.5) is 0 Å². The lowest BCUT2D eigenvalue weighted by Gasteiger charge is -2.19. The van der Waals surface area contributed by atoms with Gasteiger partial charge in [-0.05, 0) is 13.3 Å². The van der Waals surface area contributed by atoms with E-state index in [4.69, 9.17) is 4.74 Å². The summed E-state index contributed by atoms with van der Waals surface area (Å²) in [6.45, 7) is 3.67. The minimum absolute atomic E-state index is 0.00249. The smallest absolute Gasteiger partial charge is 0.250 e. The lowest BCUT2D eigenvalue weighted by atomic mass is 9.85. The van der Waals surface area contributed by atoms with Crippen molar-refractivity contribution in [3.8, 4) is 0 Å². The first kappa shape index (κ1) is 15.0. The normalized spacial score (nSPS) is 43.4. The molecule has 4 aliphatic heterocycles. The zero-order valence-corrected chi connectivity index (χ0v) is 13.5. The molecule has 0 radical (unpaired) electrons. The molecule has 2 bridgehead atoms. The van der Waals surface area contributed by atoms with E-state index in [9.17, 15) is 14.4 Å². The lowest BCUT2D eigenvalue weighted by molar-refractivity contribution is -0.154. The van der Waals surface area contributed by atoms with Crippen molar-refractivity contribution < 1.29 is 19.1 Å². The summed E-state index contributed by atoms with van der Waals surface area (Å²) < 4.78 is 5.64. The van der Waals surface area contributed by atoms with Gasteiger partial charge in [0.1, 0.15) is 11.8 Å². The molecule has 0 aliphatic carbocycles. The number of fused-ring (bicyclic) bond motifs is 5. The average Bonchev–Trinajstić information content (AvgIpc) is 2.84. The monoisotopic (exact) mass is 318 g/mol. The van der Waals surface area contributed by atoms with Crippen molar-refractivity contribution >= 4 is 17.6 Å². The Bertz CT molecular complexity index is 571. The highest BCUT2D eigenvalue weighted by molar-refractivity contribution is 6.07. The molecule has 3 fully saturated rings. The summed E-state index contributed by atoms with van der Waals surface area (Å²) in [7, 11) is 0. The summed E-state index contributed by atoms with van der Waals surface area (Å²) in [5.41, 5.74) is 0. The second-order valence-corrected chi connectivity index (χ2v) is 6.99. The first-order valence-corrected chi connectivity index (χ1v) is 8.56. The van der Waals surface area contributed by atoms with Gasteiger partial charge in [-0.25, -0.2) is 5.01 Å². The summed E-state index contributed by atoms with van der Waals surface area (Å²) in [5.74, 6) is -1.16. The molecule has 6 heteroatoms. The van der Waals surface area contributed by atoms with E-state index < -0.39 is 11.8 Å². The van der Waals surface area contributed by atoms with Gasteiger partial charge in [0.25, 0.3) is 11.8 Å². The van der Waals surface area contributed by atoms with Crippen LogP contribution >= 0.6 is 0 Å². The molecule has 7 atom stereocenters. The Morgan fingerprint density at radius 2 is 1.74 bits per heavy atom. The summed E-state index contributed by atoms with van der Waals surface area (Å²) >= 11 is 0. The van der Waals surface area contributed by atoms with Crippen molar-refractivity contribution in [1.82, 2.24) is 10.0 Å². The number of carbonyl (C=O) groups is 3. The molecular weight excluding hydrogens is 296 g/mol. The van der Waals surface area contributed by atoms with Gasteiger partial charge in [0.2, 0.25) is 0 Å². The number of amides is 2. The average molecular weight is 318 g/mol. The summed E-state index contributed by atoms with van der Waals surface area (Å²) in [6.07, 6.45) is 7.28. The van der Waals surface area contributed by atoms with Crippen LogP contribution in [0.2, 0.25) is 0 Å². The molecule has 6 nitrogen and oxygen atoms in total. The summed E-state index contributed by atoms with van der Waals surface area (Å²) in [6, 6.07) is -0.317. The number of nitrogens with zero attached hydrogens (tertiary/aromatic N) is 2. The Labute approximate surface area is 135 Å². The van der Waals surface area contributed by atoms with Crippen molar-refractivity contribution in [3.63, 3.8) is 0 Å². The summed E-state index contributed by atoms with van der Waals surface area (Å²) in [4.78, 5) is 37.4. The fourth-order valence-corrected chi connectivity index (χ4v) is 4.41. The molecule has 0 saturated carbocycles. The third-order valence-electron chi connectivity index (χ3n) is 5.54. The van der Waals surface area contributed by atoms with E-state index in [0.29, 0.717) is 0 Å². The van der Waals surface area contributed by atoms with E-state index in [1.54, 1.807) is 5.01 Å². The molecule has 0 aromatic heterocycles. The largest absolute Gasteiger partial charge is 0.365 e. The Morgan fingerprint density at radius 1 is 1.13 bits per heavy atom. The SMILES string of the molecule is CCCCC[C@H]1[C@H](C(C)=O)N1N1C(=O)[C@@H]2[C@H](C1=O)[C@H]1C=C[C@@H]2O1. The number of hydrogen-bond acceptors (Lipinski definition) is 5. The molecule has 2 amide bonds. The number of hydrogen-bond donors (Lipinski definition) is 0. The number of ether oxygens (including phenoxy) is 1. The van der Waals surface area contributed by atoms with E-state index in [2.05, 4.69) is 6.92 Å². The van der Waals surface area contributed by atoms with Gasteiger partial charge >= 0.3 is 0 Å². The van der Waals surface area contributed by atoms with Crippen LogP contribution in [0.5, 0.6) is 0 Å². The number of rotatable bonds is 6. The van der Waals surface area contributed by atoms with Crippen LogP contribution in [0.25, 0.3) is 0 Å². The maximum atomic E-state index is 12.8. The van der Waals surface area contributed by atoms with Gasteiger partial charge in [-0.15, -0.1) is 0 Å². The Hall–Kier alpha value is -1.53. The third kappa shape index (κ3) is 2.04. The van der Waals surface area contributed by atoms with Crippen molar-refractivity contribution in [2.45, 2.75) is 63.8 Å². The van der Waals surface area contributed by atoms with Gasteiger partial charge in [0.05, 0.1) is 30.1 Å². The molecule has 23 heavy (non-hydrogen) atoms. The van der Waals surface area contributed by atoms with Crippen LogP contribution in [0, 0.1) is 11.8 Å². The van der Waals surface area contributed by atoms with Crippen molar-refractivity contribution in [2.24, 2.45) is 11.8 Å². The predicted molar refractivity (Wildman–Crippen MR) is 80.9 cm³/mol. The maximum absolute atomic E-state index is 12.8. The van der Waals surface area contributed by atoms with Gasteiger partial charge < -0.3 is 4.74 Å². The van der Waals surface area contributed by atoms with Crippen LogP contribution in [0.1, 0.15) is 39.5 Å². The Balaban J connectivity index is 1.53. The fraction of sp³-hybridized carbons (Fsp3) is 0.706. The van der Waals surface area contributed by atoms with Crippen molar-refractivity contribution in [2.75, 3.05) is 0 Å². The number of imide groups is 1. The molecule has 0 N–H and O–H groups in total. The standard InChI is InChI=1S/C17H22N2O4/c1-3-4-5-6-10-15(9(2)20)18(10)19-16(21)13-11-7-8-12(23-11)14(13)17(19)22/h7-8,10-15H,3-6H2,1-2H3/t10-,11-,12+,13-,14+,15-,18?/m0/s1. The van der Waals surface area contributed by atoms with Crippen LogP contribution in [0.15, 0.2) is 12.2 Å². The quantitative estimate of drug-likeness (QED) is 0.317. The highest BCUT2D eigenvalue weighted by Crippen LogP contribution is 2.48. The third-order valence-corrected chi connectivity index (χ3v) is 5.54. The second-order valence-electron chi connectivity index (χ2n) is 6.99. The zero-order valence-electron chi connectivity index (χ0n) is 13.5. The lowest BCUT2D eigenvalue weighted by Crippen LogP contribution is -2.41. The van der Waals surface area contributed by atoms with Gasteiger partial charge in [0.15, 0.2) is 0 Å². The predicted octanol–water partition coefficient (Wildman–Crippen LogP) is 1.06. The Morgan fingerprint density at radius 3 is 2.26 bits per heavy atom. The first-order valence-electron chi connectivity index (χ1n) is 8.56. The number of ketones is 1. The van der Waals surface area contributed by atoms with Gasteiger partial charge in [0, 0.05) is 0 Å². The molecule has 4 aliphatic rings. The van der Waals surface area contributed by atoms with E-state index >= 15 is 0 Å². The molecule has 4 heterocycles. The fourth-order valence-electron chi connectivity index (χ4n) is 4.41. The van der Waals surface area contributed by atoms with Crippen LogP contribution in [0.3, 0.4) is 0 Å². The molecule has 0 spiro atoms. The highest BCUT2D eigenvalue weighted by atomic mass is 16.5. The first-order chi connectivity index (χ1) is 11.1. The molecule has 0 aromatic rings. The van der Waals surface area contributed by atoms with Gasteiger partial charge in [-0.2, -0.15) is 5.01 Å². The van der Waals surface area contributed by atoms with Crippen molar-refractivity contribution in [1.29, 1.82) is 0 Å². The topological polar surface area (TPSA) is 66.7 Å². The maximum Gasteiger partial charge on any atom is 0.250 e. The number of hydrazine groups is 1. The van der Waals surface area contributed by atoms with Gasteiger partial charge in [-0.3, -0.25) is 14.4 Å². The van der Waals surface area contributed by atoms with Crippen LogP contribution < -0.4 is 0 Å². The van der Waals surface area contributed by atoms with E-state index in [0.717, 1.165) is 25.7 Å².